The number of thiophene rings is 3. The van der Waals surface area contributed by atoms with Gasteiger partial charge in [0.1, 0.15) is 10.6 Å². The lowest BCUT2D eigenvalue weighted by Gasteiger charge is -2.29. The monoisotopic (exact) mass is 420 g/mol. The quantitative estimate of drug-likeness (QED) is 0.507. The fraction of sp³-hybridized carbons (Fsp3) is 0.222. The van der Waals surface area contributed by atoms with E-state index in [9.17, 15) is 0 Å². The first-order chi connectivity index (χ1) is 12.4. The van der Waals surface area contributed by atoms with E-state index in [2.05, 4.69) is 50.6 Å². The summed E-state index contributed by atoms with van der Waals surface area (Å²) in [5.41, 5.74) is 1.27. The molecule has 0 saturated carbocycles. The summed E-state index contributed by atoms with van der Waals surface area (Å²) in [5, 5.41) is 11.1. The molecule has 4 nitrogen and oxygen atoms in total. The number of nitrogens with one attached hydrogen (secondary N) is 1. The van der Waals surface area contributed by atoms with Crippen LogP contribution in [0.5, 0.6) is 0 Å². The number of halogens is 1. The summed E-state index contributed by atoms with van der Waals surface area (Å²) >= 11 is 5.19. The van der Waals surface area contributed by atoms with Crippen LogP contribution in [0.1, 0.15) is 0 Å². The standard InChI is InChI=1S/C18H16N4S3.ClH/c1-3-13(23-9-1)12-11-25-18-15(12)17(22-7-5-19-6-8-22)20-16(21-18)14-4-2-10-24-14;/h1-4,9-11,19H,5-8H2;1H. The predicted molar refractivity (Wildman–Crippen MR) is 116 cm³/mol. The maximum absolute atomic E-state index is 5.02. The molecular weight excluding hydrogens is 404 g/mol. The lowest BCUT2D eigenvalue weighted by molar-refractivity contribution is 0.586. The number of rotatable bonds is 3. The van der Waals surface area contributed by atoms with E-state index >= 15 is 0 Å². The van der Waals surface area contributed by atoms with E-state index in [1.165, 1.54) is 15.8 Å². The van der Waals surface area contributed by atoms with Crippen LogP contribution in [0.2, 0.25) is 0 Å². The molecule has 1 saturated heterocycles. The Hall–Kier alpha value is -1.51. The van der Waals surface area contributed by atoms with Gasteiger partial charge in [0.05, 0.1) is 10.3 Å². The third-order valence-corrected chi connectivity index (χ3v) is 7.00. The van der Waals surface area contributed by atoms with Gasteiger partial charge in [0.2, 0.25) is 0 Å². The highest BCUT2D eigenvalue weighted by molar-refractivity contribution is 7.18. The molecule has 0 spiro atoms. The normalized spacial score (nSPS) is 14.5. The van der Waals surface area contributed by atoms with Crippen LogP contribution in [0.25, 0.3) is 31.4 Å². The zero-order valence-corrected chi connectivity index (χ0v) is 17.1. The van der Waals surface area contributed by atoms with Gasteiger partial charge in [-0.3, -0.25) is 0 Å². The number of piperazine rings is 1. The molecule has 1 fully saturated rings. The second-order valence-electron chi connectivity index (χ2n) is 5.89. The Morgan fingerprint density at radius 2 is 1.65 bits per heavy atom. The average Bonchev–Trinajstić information content (AvgIpc) is 3.41. The van der Waals surface area contributed by atoms with Gasteiger partial charge in [-0.25, -0.2) is 9.97 Å². The minimum Gasteiger partial charge on any atom is -0.353 e. The average molecular weight is 421 g/mol. The molecule has 0 atom stereocenters. The number of fused-ring (bicyclic) bond motifs is 1. The van der Waals surface area contributed by atoms with Crippen LogP contribution in [0.4, 0.5) is 5.82 Å². The first kappa shape index (κ1) is 17.9. The minimum absolute atomic E-state index is 0. The van der Waals surface area contributed by atoms with Crippen LogP contribution in [-0.4, -0.2) is 36.1 Å². The molecule has 26 heavy (non-hydrogen) atoms. The molecule has 0 aromatic carbocycles. The zero-order chi connectivity index (χ0) is 16.6. The van der Waals surface area contributed by atoms with E-state index in [1.54, 1.807) is 34.0 Å². The molecule has 0 unspecified atom stereocenters. The van der Waals surface area contributed by atoms with Gasteiger partial charge in [0, 0.05) is 42.0 Å². The minimum atomic E-state index is 0. The van der Waals surface area contributed by atoms with E-state index in [0.717, 1.165) is 47.5 Å². The van der Waals surface area contributed by atoms with Crippen molar-refractivity contribution in [2.75, 3.05) is 31.1 Å². The molecule has 5 heterocycles. The third kappa shape index (κ3) is 3.14. The van der Waals surface area contributed by atoms with Gasteiger partial charge >= 0.3 is 0 Å². The van der Waals surface area contributed by atoms with Crippen molar-refractivity contribution in [3.63, 3.8) is 0 Å². The van der Waals surface area contributed by atoms with Crippen LogP contribution < -0.4 is 10.2 Å². The lowest BCUT2D eigenvalue weighted by atomic mass is 10.1. The van der Waals surface area contributed by atoms with Crippen molar-refractivity contribution in [3.8, 4) is 21.1 Å². The Morgan fingerprint density at radius 1 is 0.923 bits per heavy atom. The van der Waals surface area contributed by atoms with Gasteiger partial charge in [0.15, 0.2) is 5.82 Å². The Morgan fingerprint density at radius 3 is 2.35 bits per heavy atom. The van der Waals surface area contributed by atoms with Crippen molar-refractivity contribution in [2.24, 2.45) is 0 Å². The smallest absolute Gasteiger partial charge is 0.173 e. The highest BCUT2D eigenvalue weighted by atomic mass is 35.5. The number of nitrogens with zero attached hydrogens (tertiary/aromatic N) is 3. The van der Waals surface area contributed by atoms with Crippen molar-refractivity contribution >= 4 is 62.5 Å². The molecular formula is C18H17ClN4S3. The molecule has 4 aromatic rings. The van der Waals surface area contributed by atoms with Gasteiger partial charge in [-0.1, -0.05) is 12.1 Å². The van der Waals surface area contributed by atoms with E-state index < -0.39 is 0 Å². The van der Waals surface area contributed by atoms with E-state index in [1.807, 2.05) is 0 Å². The molecule has 5 rings (SSSR count). The first-order valence-electron chi connectivity index (χ1n) is 8.23. The van der Waals surface area contributed by atoms with Gasteiger partial charge in [-0.05, 0) is 22.9 Å². The van der Waals surface area contributed by atoms with Crippen LogP contribution >= 0.6 is 46.4 Å². The predicted octanol–water partition coefficient (Wildman–Crippen LogP) is 4.98. The summed E-state index contributed by atoms with van der Waals surface area (Å²) < 4.78 is 0. The van der Waals surface area contributed by atoms with Crippen LogP contribution in [0.15, 0.2) is 40.4 Å². The second kappa shape index (κ2) is 7.62. The highest BCUT2D eigenvalue weighted by Crippen LogP contribution is 2.41. The van der Waals surface area contributed by atoms with Gasteiger partial charge in [0.25, 0.3) is 0 Å². The second-order valence-corrected chi connectivity index (χ2v) is 8.65. The summed E-state index contributed by atoms with van der Waals surface area (Å²) in [6.45, 7) is 3.96. The summed E-state index contributed by atoms with van der Waals surface area (Å²) in [7, 11) is 0. The van der Waals surface area contributed by atoms with Crippen molar-refractivity contribution < 1.29 is 0 Å². The Bertz CT molecular complexity index is 989. The topological polar surface area (TPSA) is 41.1 Å². The number of hydrogen-bond acceptors (Lipinski definition) is 7. The van der Waals surface area contributed by atoms with Gasteiger partial charge in [-0.15, -0.1) is 46.4 Å². The SMILES string of the molecule is Cl.c1csc(-c2nc(N3CCNCC3)c3c(-c4cccs4)csc3n2)c1. The van der Waals surface area contributed by atoms with Gasteiger partial charge in [-0.2, -0.15) is 0 Å². The summed E-state index contributed by atoms with van der Waals surface area (Å²) in [6, 6.07) is 8.44. The molecule has 1 aliphatic rings. The molecule has 0 aliphatic carbocycles. The number of anilines is 1. The van der Waals surface area contributed by atoms with Crippen molar-refractivity contribution in [1.82, 2.24) is 15.3 Å². The Labute approximate surface area is 170 Å². The zero-order valence-electron chi connectivity index (χ0n) is 13.8. The molecule has 0 bridgehead atoms. The summed E-state index contributed by atoms with van der Waals surface area (Å²) in [5.74, 6) is 1.93. The number of hydrogen-bond donors (Lipinski definition) is 1. The molecule has 1 N–H and O–H groups in total. The van der Waals surface area contributed by atoms with Crippen molar-refractivity contribution in [3.05, 3.63) is 40.4 Å². The Balaban J connectivity index is 0.00000168. The fourth-order valence-electron chi connectivity index (χ4n) is 3.16. The largest absolute Gasteiger partial charge is 0.353 e. The van der Waals surface area contributed by atoms with Crippen LogP contribution in [-0.2, 0) is 0 Å². The third-order valence-electron chi connectivity index (χ3n) is 4.36. The first-order valence-corrected chi connectivity index (χ1v) is 10.9. The van der Waals surface area contributed by atoms with E-state index in [-0.39, 0.29) is 12.4 Å². The van der Waals surface area contributed by atoms with E-state index in [0.29, 0.717) is 0 Å². The Kier molecular flexibility index (Phi) is 5.24. The maximum Gasteiger partial charge on any atom is 0.173 e. The lowest BCUT2D eigenvalue weighted by Crippen LogP contribution is -2.44. The highest BCUT2D eigenvalue weighted by Gasteiger charge is 2.22. The molecule has 1 aliphatic heterocycles. The molecule has 0 amide bonds. The van der Waals surface area contributed by atoms with Gasteiger partial charge < -0.3 is 10.2 Å². The molecule has 0 radical (unpaired) electrons. The van der Waals surface area contributed by atoms with Crippen molar-refractivity contribution in [2.45, 2.75) is 0 Å². The van der Waals surface area contributed by atoms with Crippen LogP contribution in [0, 0.1) is 0 Å². The van der Waals surface area contributed by atoms with Crippen molar-refractivity contribution in [1.29, 1.82) is 0 Å². The molecule has 134 valence electrons. The number of aromatic nitrogens is 2. The fourth-order valence-corrected chi connectivity index (χ4v) is 5.57. The van der Waals surface area contributed by atoms with Crippen LogP contribution in [0.3, 0.4) is 0 Å². The summed E-state index contributed by atoms with van der Waals surface area (Å²) in [6.07, 6.45) is 0. The maximum atomic E-state index is 5.02. The molecule has 4 aromatic heterocycles. The van der Waals surface area contributed by atoms with E-state index in [4.69, 9.17) is 9.97 Å². The molecule has 8 heteroatoms. The summed E-state index contributed by atoms with van der Waals surface area (Å²) in [4.78, 5) is 15.8.